The van der Waals surface area contributed by atoms with Crippen LogP contribution in [0.4, 0.5) is 0 Å². The molecule has 0 aromatic heterocycles. The molecular formula is C17H23NO2. The standard InChI is InChI=1S/C15H17NO2.C2H6/c1-3-12-5-4-10-16(11-12)15(17)13-6-8-14(18-2)9-7-13;1-2/h3,5-9H,1,4,10-11H2,2H3;1-2H3. The molecule has 108 valence electrons. The average Bonchev–Trinajstić information content (AvgIpc) is 2.56. The van der Waals surface area contributed by atoms with Gasteiger partial charge in [0.15, 0.2) is 0 Å². The van der Waals surface area contributed by atoms with Crippen LogP contribution in [0.3, 0.4) is 0 Å². The van der Waals surface area contributed by atoms with E-state index in [-0.39, 0.29) is 5.91 Å². The molecule has 0 fully saturated rings. The number of hydrogen-bond acceptors (Lipinski definition) is 2. The van der Waals surface area contributed by atoms with E-state index in [0.29, 0.717) is 12.1 Å². The van der Waals surface area contributed by atoms with Crippen molar-refractivity contribution in [1.29, 1.82) is 0 Å². The summed E-state index contributed by atoms with van der Waals surface area (Å²) >= 11 is 0. The van der Waals surface area contributed by atoms with E-state index in [1.54, 1.807) is 31.4 Å². The molecule has 2 rings (SSSR count). The summed E-state index contributed by atoms with van der Waals surface area (Å²) in [7, 11) is 1.61. The zero-order valence-corrected chi connectivity index (χ0v) is 12.6. The molecule has 0 spiro atoms. The summed E-state index contributed by atoms with van der Waals surface area (Å²) < 4.78 is 5.08. The Kier molecular flexibility index (Phi) is 6.57. The van der Waals surface area contributed by atoms with Crippen LogP contribution in [0, 0.1) is 0 Å². The van der Waals surface area contributed by atoms with Crippen LogP contribution in [0.5, 0.6) is 5.75 Å². The minimum absolute atomic E-state index is 0.0603. The Morgan fingerprint density at radius 1 is 1.30 bits per heavy atom. The highest BCUT2D eigenvalue weighted by Gasteiger charge is 2.18. The van der Waals surface area contributed by atoms with Gasteiger partial charge in [0, 0.05) is 18.7 Å². The van der Waals surface area contributed by atoms with Gasteiger partial charge in [0.1, 0.15) is 5.75 Å². The third-order valence-electron chi connectivity index (χ3n) is 3.07. The smallest absolute Gasteiger partial charge is 0.254 e. The van der Waals surface area contributed by atoms with Crippen molar-refractivity contribution < 1.29 is 9.53 Å². The van der Waals surface area contributed by atoms with Crippen molar-refractivity contribution in [3.05, 3.63) is 54.1 Å². The molecule has 1 amide bonds. The summed E-state index contributed by atoms with van der Waals surface area (Å²) in [5.74, 6) is 0.821. The van der Waals surface area contributed by atoms with Gasteiger partial charge in [-0.1, -0.05) is 32.6 Å². The first-order chi connectivity index (χ1) is 9.74. The van der Waals surface area contributed by atoms with Gasteiger partial charge >= 0.3 is 0 Å². The fourth-order valence-corrected chi connectivity index (χ4v) is 2.01. The number of carbonyl (C=O) groups is 1. The quantitative estimate of drug-likeness (QED) is 0.840. The summed E-state index contributed by atoms with van der Waals surface area (Å²) in [6, 6.07) is 7.21. The number of benzene rings is 1. The van der Waals surface area contributed by atoms with E-state index in [0.717, 1.165) is 24.3 Å². The Morgan fingerprint density at radius 2 is 1.95 bits per heavy atom. The molecule has 1 aromatic rings. The molecule has 1 aromatic carbocycles. The highest BCUT2D eigenvalue weighted by Crippen LogP contribution is 2.16. The van der Waals surface area contributed by atoms with E-state index in [2.05, 4.69) is 12.7 Å². The van der Waals surface area contributed by atoms with E-state index in [9.17, 15) is 4.79 Å². The van der Waals surface area contributed by atoms with Gasteiger partial charge in [-0.15, -0.1) is 0 Å². The average molecular weight is 273 g/mol. The number of nitrogens with zero attached hydrogens (tertiary/aromatic N) is 1. The molecule has 3 heteroatoms. The zero-order valence-electron chi connectivity index (χ0n) is 12.6. The van der Waals surface area contributed by atoms with E-state index in [1.807, 2.05) is 24.8 Å². The first-order valence-corrected chi connectivity index (χ1v) is 6.99. The maximum Gasteiger partial charge on any atom is 0.254 e. The minimum atomic E-state index is 0.0603. The molecule has 3 nitrogen and oxygen atoms in total. The van der Waals surface area contributed by atoms with Crippen LogP contribution < -0.4 is 4.74 Å². The van der Waals surface area contributed by atoms with E-state index < -0.39 is 0 Å². The van der Waals surface area contributed by atoms with Crippen LogP contribution in [0.25, 0.3) is 0 Å². The first kappa shape index (κ1) is 16.0. The lowest BCUT2D eigenvalue weighted by Crippen LogP contribution is -2.35. The second-order valence-corrected chi connectivity index (χ2v) is 4.23. The van der Waals surface area contributed by atoms with Crippen LogP contribution in [-0.2, 0) is 0 Å². The molecule has 0 atom stereocenters. The number of amides is 1. The molecule has 0 radical (unpaired) electrons. The molecule has 0 bridgehead atoms. The number of ether oxygens (including phenoxy) is 1. The number of rotatable bonds is 3. The van der Waals surface area contributed by atoms with Gasteiger partial charge in [-0.2, -0.15) is 0 Å². The number of carbonyl (C=O) groups excluding carboxylic acids is 1. The SMILES string of the molecule is C=CC1=CCCN(C(=O)c2ccc(OC)cc2)C1.CC. The Bertz CT molecular complexity index is 474. The molecule has 20 heavy (non-hydrogen) atoms. The highest BCUT2D eigenvalue weighted by atomic mass is 16.5. The third kappa shape index (κ3) is 3.98. The molecule has 0 saturated carbocycles. The van der Waals surface area contributed by atoms with Gasteiger partial charge in [-0.3, -0.25) is 4.79 Å². The first-order valence-electron chi connectivity index (χ1n) is 6.99. The topological polar surface area (TPSA) is 29.5 Å². The van der Waals surface area contributed by atoms with Crippen molar-refractivity contribution in [2.45, 2.75) is 20.3 Å². The second kappa shape index (κ2) is 8.20. The van der Waals surface area contributed by atoms with Gasteiger partial charge in [-0.25, -0.2) is 0 Å². The Labute approximate surface area is 121 Å². The van der Waals surface area contributed by atoms with Crippen molar-refractivity contribution in [3.8, 4) is 5.75 Å². The highest BCUT2D eigenvalue weighted by molar-refractivity contribution is 5.94. The lowest BCUT2D eigenvalue weighted by Gasteiger charge is -2.26. The molecule has 1 heterocycles. The lowest BCUT2D eigenvalue weighted by atomic mass is 10.1. The van der Waals surface area contributed by atoms with Gasteiger partial charge in [-0.05, 0) is 36.3 Å². The molecular weight excluding hydrogens is 250 g/mol. The molecule has 1 aliphatic rings. The summed E-state index contributed by atoms with van der Waals surface area (Å²) in [5.41, 5.74) is 1.81. The Hall–Kier alpha value is -2.03. The predicted octanol–water partition coefficient (Wildman–Crippen LogP) is 3.68. The van der Waals surface area contributed by atoms with Gasteiger partial charge in [0.2, 0.25) is 0 Å². The van der Waals surface area contributed by atoms with Crippen LogP contribution in [0.2, 0.25) is 0 Å². The van der Waals surface area contributed by atoms with E-state index >= 15 is 0 Å². The predicted molar refractivity (Wildman–Crippen MR) is 83.1 cm³/mol. The fraction of sp³-hybridized carbons (Fsp3) is 0.353. The Morgan fingerprint density at radius 3 is 2.50 bits per heavy atom. The second-order valence-electron chi connectivity index (χ2n) is 4.23. The molecule has 0 unspecified atom stereocenters. The van der Waals surface area contributed by atoms with Crippen molar-refractivity contribution in [3.63, 3.8) is 0 Å². The minimum Gasteiger partial charge on any atom is -0.497 e. The molecule has 1 aliphatic heterocycles. The van der Waals surface area contributed by atoms with Crippen molar-refractivity contribution in [2.24, 2.45) is 0 Å². The van der Waals surface area contributed by atoms with Crippen LogP contribution in [0.15, 0.2) is 48.6 Å². The van der Waals surface area contributed by atoms with Crippen LogP contribution in [0.1, 0.15) is 30.6 Å². The van der Waals surface area contributed by atoms with Crippen molar-refractivity contribution in [1.82, 2.24) is 4.90 Å². The monoisotopic (exact) mass is 273 g/mol. The molecule has 0 saturated heterocycles. The Balaban J connectivity index is 0.000000956. The summed E-state index contributed by atoms with van der Waals surface area (Å²) in [5, 5.41) is 0. The number of hydrogen-bond donors (Lipinski definition) is 0. The molecule has 0 N–H and O–H groups in total. The maximum atomic E-state index is 12.3. The van der Waals surface area contributed by atoms with Crippen molar-refractivity contribution in [2.75, 3.05) is 20.2 Å². The van der Waals surface area contributed by atoms with Crippen LogP contribution in [-0.4, -0.2) is 31.0 Å². The molecule has 0 aliphatic carbocycles. The van der Waals surface area contributed by atoms with Gasteiger partial charge in [0.25, 0.3) is 5.91 Å². The summed E-state index contributed by atoms with van der Waals surface area (Å²) in [6.07, 6.45) is 4.83. The van der Waals surface area contributed by atoms with E-state index in [1.165, 1.54) is 0 Å². The zero-order chi connectivity index (χ0) is 15.0. The normalized spacial score (nSPS) is 13.8. The summed E-state index contributed by atoms with van der Waals surface area (Å²) in [4.78, 5) is 14.1. The van der Waals surface area contributed by atoms with E-state index in [4.69, 9.17) is 4.74 Å². The number of methoxy groups -OCH3 is 1. The van der Waals surface area contributed by atoms with Gasteiger partial charge < -0.3 is 9.64 Å². The largest absolute Gasteiger partial charge is 0.497 e. The van der Waals surface area contributed by atoms with Crippen molar-refractivity contribution >= 4 is 5.91 Å². The van der Waals surface area contributed by atoms with Gasteiger partial charge in [0.05, 0.1) is 7.11 Å². The fourth-order valence-electron chi connectivity index (χ4n) is 2.01. The summed E-state index contributed by atoms with van der Waals surface area (Å²) in [6.45, 7) is 9.16. The lowest BCUT2D eigenvalue weighted by molar-refractivity contribution is 0.0767. The maximum absolute atomic E-state index is 12.3. The third-order valence-corrected chi connectivity index (χ3v) is 3.07. The van der Waals surface area contributed by atoms with Crippen LogP contribution >= 0.6 is 0 Å².